The van der Waals surface area contributed by atoms with E-state index in [1.54, 1.807) is 0 Å². The number of pyridine rings is 1. The van der Waals surface area contributed by atoms with Gasteiger partial charge in [0.25, 0.3) is 0 Å². The molecule has 0 bridgehead atoms. The van der Waals surface area contributed by atoms with Crippen molar-refractivity contribution in [3.63, 3.8) is 0 Å². The van der Waals surface area contributed by atoms with Gasteiger partial charge in [-0.1, -0.05) is 6.07 Å². The maximum absolute atomic E-state index is 13.6. The number of rotatable bonds is 5. The molecule has 1 heterocycles. The zero-order valence-corrected chi connectivity index (χ0v) is 15.5. The fraction of sp³-hybridized carbons (Fsp3) is 0.421. The third-order valence-corrected chi connectivity index (χ3v) is 5.20. The van der Waals surface area contributed by atoms with Crippen LogP contribution in [0.4, 0.5) is 27.8 Å². The molecule has 0 aliphatic heterocycles. The third kappa shape index (κ3) is 4.27. The number of nitrogens with one attached hydrogen (secondary N) is 1. The molecule has 10 heteroatoms. The zero-order valence-electron chi connectivity index (χ0n) is 15.5. The van der Waals surface area contributed by atoms with Gasteiger partial charge in [-0.2, -0.15) is 13.2 Å². The van der Waals surface area contributed by atoms with Crippen LogP contribution in [-0.4, -0.2) is 18.2 Å². The highest BCUT2D eigenvalue weighted by Gasteiger charge is 2.41. The molecule has 1 saturated carbocycles. The molecule has 5 nitrogen and oxygen atoms in total. The zero-order chi connectivity index (χ0) is 21.2. The second kappa shape index (κ2) is 8.11. The van der Waals surface area contributed by atoms with Crippen LogP contribution in [0, 0.1) is 11.6 Å². The molecule has 0 spiro atoms. The summed E-state index contributed by atoms with van der Waals surface area (Å²) in [5, 5.41) is 0. The fourth-order valence-electron chi connectivity index (χ4n) is 3.67. The average Bonchev–Trinajstić information content (AvgIpc) is 2.70. The minimum Gasteiger partial charge on any atom is -0.490 e. The maximum Gasteiger partial charge on any atom is 0.423 e. The normalized spacial score (nSPS) is 22.4. The molecule has 29 heavy (non-hydrogen) atoms. The lowest BCUT2D eigenvalue weighted by atomic mass is 9.78. The van der Waals surface area contributed by atoms with Crippen LogP contribution in [-0.2, 0) is 16.5 Å². The van der Waals surface area contributed by atoms with Crippen molar-refractivity contribution in [3.05, 3.63) is 53.2 Å². The van der Waals surface area contributed by atoms with Crippen LogP contribution in [0.5, 0.6) is 5.75 Å². The Morgan fingerprint density at radius 1 is 1.14 bits per heavy atom. The molecule has 0 unspecified atom stereocenters. The molecular weight excluding hydrogens is 397 g/mol. The van der Waals surface area contributed by atoms with E-state index in [0.717, 1.165) is 18.2 Å². The van der Waals surface area contributed by atoms with E-state index in [4.69, 9.17) is 15.3 Å². The fourth-order valence-corrected chi connectivity index (χ4v) is 3.67. The summed E-state index contributed by atoms with van der Waals surface area (Å²) in [6.07, 6.45) is -2.60. The van der Waals surface area contributed by atoms with E-state index >= 15 is 0 Å². The first-order valence-corrected chi connectivity index (χ1v) is 8.90. The van der Waals surface area contributed by atoms with Crippen molar-refractivity contribution < 1.29 is 31.4 Å². The molecule has 1 aromatic carbocycles. The Balaban J connectivity index is 1.78. The molecule has 1 aliphatic carbocycles. The Morgan fingerprint density at radius 3 is 2.38 bits per heavy atom. The summed E-state index contributed by atoms with van der Waals surface area (Å²) < 4.78 is 78.4. The predicted molar refractivity (Wildman–Crippen MR) is 95.0 cm³/mol. The van der Waals surface area contributed by atoms with Gasteiger partial charge in [-0.05, 0) is 49.4 Å². The molecule has 2 aromatic rings. The number of hydrogen-bond acceptors (Lipinski definition) is 5. The van der Waals surface area contributed by atoms with Crippen molar-refractivity contribution in [1.82, 2.24) is 4.98 Å². The van der Waals surface area contributed by atoms with Gasteiger partial charge in [0.2, 0.25) is 0 Å². The maximum atomic E-state index is 13.6. The number of nitrogens with zero attached hydrogens (tertiary/aromatic N) is 1. The lowest BCUT2D eigenvalue weighted by molar-refractivity contribution is -0.139. The Bertz CT molecular complexity index is 867. The molecule has 0 amide bonds. The number of ether oxygens (including phenoxy) is 2. The van der Waals surface area contributed by atoms with E-state index in [9.17, 15) is 22.0 Å². The van der Waals surface area contributed by atoms with Gasteiger partial charge in [-0.3, -0.25) is 0 Å². The van der Waals surface area contributed by atoms with Crippen LogP contribution in [0.2, 0.25) is 0 Å². The Hall–Kier alpha value is -2.46. The minimum absolute atomic E-state index is 0.359. The lowest BCUT2D eigenvalue weighted by Gasteiger charge is -2.39. The SMILES string of the molecule is COC1(c2ccc(F)c(F)c2)CCC(Oc2ccnc(NN)c2C(F)(F)F)CC1. The summed E-state index contributed by atoms with van der Waals surface area (Å²) in [5.41, 5.74) is 0.480. The molecule has 1 aliphatic rings. The summed E-state index contributed by atoms with van der Waals surface area (Å²) in [6, 6.07) is 4.70. The standard InChI is InChI=1S/C19H20F5N3O2/c1-28-18(11-2-3-13(20)14(21)10-11)7-4-12(5-8-18)29-15-6-9-26-17(27-25)16(15)19(22,23)24/h2-3,6,9-10,12H,4-5,7-8,25H2,1H3,(H,26,27). The molecule has 1 fully saturated rings. The van der Waals surface area contributed by atoms with Gasteiger partial charge in [-0.25, -0.2) is 19.6 Å². The Kier molecular flexibility index (Phi) is 5.95. The van der Waals surface area contributed by atoms with E-state index in [0.29, 0.717) is 31.2 Å². The van der Waals surface area contributed by atoms with Crippen molar-refractivity contribution in [2.75, 3.05) is 12.5 Å². The van der Waals surface area contributed by atoms with E-state index in [1.807, 2.05) is 5.43 Å². The van der Waals surface area contributed by atoms with E-state index in [2.05, 4.69) is 4.98 Å². The molecule has 158 valence electrons. The van der Waals surface area contributed by atoms with E-state index < -0.39 is 40.9 Å². The molecular formula is C19H20F5N3O2. The number of benzene rings is 1. The van der Waals surface area contributed by atoms with Crippen LogP contribution < -0.4 is 16.0 Å². The Labute approximate surface area is 164 Å². The molecule has 0 atom stereocenters. The van der Waals surface area contributed by atoms with Gasteiger partial charge in [0.15, 0.2) is 17.5 Å². The number of hydrazine groups is 1. The first kappa shape index (κ1) is 21.3. The third-order valence-electron chi connectivity index (χ3n) is 5.20. The highest BCUT2D eigenvalue weighted by Crippen LogP contribution is 2.44. The van der Waals surface area contributed by atoms with Gasteiger partial charge in [0.05, 0.1) is 11.7 Å². The van der Waals surface area contributed by atoms with Gasteiger partial charge in [0.1, 0.15) is 11.3 Å². The van der Waals surface area contributed by atoms with Gasteiger partial charge in [0, 0.05) is 13.3 Å². The molecule has 3 rings (SSSR count). The highest BCUT2D eigenvalue weighted by atomic mass is 19.4. The summed E-state index contributed by atoms with van der Waals surface area (Å²) in [4.78, 5) is 3.59. The van der Waals surface area contributed by atoms with Gasteiger partial charge >= 0.3 is 6.18 Å². The molecule has 1 aromatic heterocycles. The largest absolute Gasteiger partial charge is 0.490 e. The summed E-state index contributed by atoms with van der Waals surface area (Å²) >= 11 is 0. The quantitative estimate of drug-likeness (QED) is 0.425. The first-order valence-electron chi connectivity index (χ1n) is 8.90. The number of alkyl halides is 3. The average molecular weight is 417 g/mol. The minimum atomic E-state index is -4.71. The predicted octanol–water partition coefficient (Wildman–Crippen LogP) is 4.53. The van der Waals surface area contributed by atoms with Crippen LogP contribution in [0.25, 0.3) is 0 Å². The summed E-state index contributed by atoms with van der Waals surface area (Å²) in [5.74, 6) is 2.31. The number of aromatic nitrogens is 1. The number of anilines is 1. The second-order valence-electron chi connectivity index (χ2n) is 6.82. The van der Waals surface area contributed by atoms with Crippen molar-refractivity contribution in [2.45, 2.75) is 43.6 Å². The van der Waals surface area contributed by atoms with Crippen LogP contribution in [0.3, 0.4) is 0 Å². The number of hydrogen-bond donors (Lipinski definition) is 2. The number of nitrogen functional groups attached to an aromatic ring is 1. The summed E-state index contributed by atoms with van der Waals surface area (Å²) in [6.45, 7) is 0. The van der Waals surface area contributed by atoms with Crippen LogP contribution in [0.1, 0.15) is 36.8 Å². The van der Waals surface area contributed by atoms with Crippen molar-refractivity contribution >= 4 is 5.82 Å². The first-order chi connectivity index (χ1) is 13.7. The van der Waals surface area contributed by atoms with Gasteiger partial charge < -0.3 is 14.9 Å². The Morgan fingerprint density at radius 2 is 1.83 bits per heavy atom. The lowest BCUT2D eigenvalue weighted by Crippen LogP contribution is -2.37. The summed E-state index contributed by atoms with van der Waals surface area (Å²) in [7, 11) is 1.46. The monoisotopic (exact) mass is 417 g/mol. The number of halogens is 5. The molecule has 0 saturated heterocycles. The van der Waals surface area contributed by atoms with Crippen molar-refractivity contribution in [3.8, 4) is 5.75 Å². The van der Waals surface area contributed by atoms with Crippen molar-refractivity contribution in [1.29, 1.82) is 0 Å². The van der Waals surface area contributed by atoms with E-state index in [1.165, 1.54) is 19.4 Å². The second-order valence-corrected chi connectivity index (χ2v) is 6.82. The highest BCUT2D eigenvalue weighted by molar-refractivity contribution is 5.52. The van der Waals surface area contributed by atoms with Crippen LogP contribution in [0.15, 0.2) is 30.5 Å². The number of nitrogens with two attached hydrogens (primary N) is 1. The van der Waals surface area contributed by atoms with Crippen LogP contribution >= 0.6 is 0 Å². The smallest absolute Gasteiger partial charge is 0.423 e. The number of methoxy groups -OCH3 is 1. The molecule has 3 N–H and O–H groups in total. The topological polar surface area (TPSA) is 69.4 Å². The molecule has 0 radical (unpaired) electrons. The van der Waals surface area contributed by atoms with Gasteiger partial charge in [-0.15, -0.1) is 0 Å². The van der Waals surface area contributed by atoms with Crippen molar-refractivity contribution in [2.24, 2.45) is 5.84 Å². The van der Waals surface area contributed by atoms with E-state index in [-0.39, 0.29) is 5.75 Å².